The van der Waals surface area contributed by atoms with Gasteiger partial charge in [-0.25, -0.2) is 4.79 Å². The van der Waals surface area contributed by atoms with Crippen molar-refractivity contribution < 1.29 is 9.90 Å². The van der Waals surface area contributed by atoms with Crippen molar-refractivity contribution in [3.8, 4) is 0 Å². The van der Waals surface area contributed by atoms with Crippen molar-refractivity contribution >= 4 is 23.3 Å². The summed E-state index contributed by atoms with van der Waals surface area (Å²) in [5.74, 6) is -0.421. The molecule has 0 amide bonds. The van der Waals surface area contributed by atoms with Gasteiger partial charge in [-0.1, -0.05) is 24.6 Å². The number of carboxylic acid groups (broad SMARTS) is 1. The van der Waals surface area contributed by atoms with E-state index >= 15 is 0 Å². The summed E-state index contributed by atoms with van der Waals surface area (Å²) in [5, 5.41) is 12.7. The van der Waals surface area contributed by atoms with Crippen LogP contribution in [0.4, 0.5) is 5.69 Å². The molecule has 0 bridgehead atoms. The molecular formula is C14H19ClN2O2. The number of hydrogen-bond acceptors (Lipinski definition) is 3. The van der Waals surface area contributed by atoms with E-state index in [0.29, 0.717) is 11.6 Å². The maximum Gasteiger partial charge on any atom is 0.339 e. The smallest absolute Gasteiger partial charge is 0.339 e. The second-order valence-electron chi connectivity index (χ2n) is 4.90. The average molecular weight is 283 g/mol. The fourth-order valence-electron chi connectivity index (χ4n) is 2.51. The molecule has 2 rings (SSSR count). The number of likely N-dealkylation sites (tertiary alicyclic amines) is 1. The van der Waals surface area contributed by atoms with Crippen LogP contribution in [0.5, 0.6) is 0 Å². The van der Waals surface area contributed by atoms with Crippen molar-refractivity contribution in [2.24, 2.45) is 5.92 Å². The minimum absolute atomic E-state index is 0.162. The molecule has 1 atom stereocenters. The van der Waals surface area contributed by atoms with Gasteiger partial charge in [0.15, 0.2) is 0 Å². The van der Waals surface area contributed by atoms with Gasteiger partial charge in [0.2, 0.25) is 0 Å². The van der Waals surface area contributed by atoms with Gasteiger partial charge < -0.3 is 15.3 Å². The molecule has 1 saturated heterocycles. The molecule has 1 aliphatic heterocycles. The summed E-state index contributed by atoms with van der Waals surface area (Å²) < 4.78 is 0. The van der Waals surface area contributed by atoms with E-state index in [0.717, 1.165) is 32.6 Å². The van der Waals surface area contributed by atoms with E-state index in [4.69, 9.17) is 11.6 Å². The summed E-state index contributed by atoms with van der Waals surface area (Å²) in [6, 6.07) is 5.14. The topological polar surface area (TPSA) is 52.6 Å². The molecule has 4 nitrogen and oxygen atoms in total. The van der Waals surface area contributed by atoms with E-state index in [-0.39, 0.29) is 10.6 Å². The molecular weight excluding hydrogens is 264 g/mol. The standard InChI is InChI=1S/C14H19ClN2O2/c1-2-17-7-6-10(9-17)8-16-12-5-3-4-11(15)13(12)14(18)19/h3-5,10,16H,2,6-9H2,1H3,(H,18,19). The molecule has 0 aromatic heterocycles. The Balaban J connectivity index is 2.00. The van der Waals surface area contributed by atoms with Gasteiger partial charge >= 0.3 is 5.97 Å². The first-order chi connectivity index (χ1) is 9.11. The summed E-state index contributed by atoms with van der Waals surface area (Å²) >= 11 is 5.94. The van der Waals surface area contributed by atoms with Gasteiger partial charge in [0.1, 0.15) is 5.56 Å². The van der Waals surface area contributed by atoms with Gasteiger partial charge in [-0.05, 0) is 37.6 Å². The van der Waals surface area contributed by atoms with Crippen LogP contribution in [0.3, 0.4) is 0 Å². The van der Waals surface area contributed by atoms with Crippen LogP contribution in [0.2, 0.25) is 5.02 Å². The van der Waals surface area contributed by atoms with Crippen molar-refractivity contribution in [1.29, 1.82) is 0 Å². The lowest BCUT2D eigenvalue weighted by Gasteiger charge is -2.16. The number of hydrogen-bond donors (Lipinski definition) is 2. The third kappa shape index (κ3) is 3.39. The van der Waals surface area contributed by atoms with Crippen LogP contribution < -0.4 is 5.32 Å². The van der Waals surface area contributed by atoms with Crippen molar-refractivity contribution in [1.82, 2.24) is 4.90 Å². The molecule has 104 valence electrons. The number of carbonyl (C=O) groups is 1. The van der Waals surface area contributed by atoms with Gasteiger partial charge in [-0.3, -0.25) is 0 Å². The highest BCUT2D eigenvalue weighted by Crippen LogP contribution is 2.25. The summed E-state index contributed by atoms with van der Waals surface area (Å²) in [6.07, 6.45) is 1.16. The predicted molar refractivity (Wildman–Crippen MR) is 77.1 cm³/mol. The van der Waals surface area contributed by atoms with Crippen LogP contribution in [0.25, 0.3) is 0 Å². The van der Waals surface area contributed by atoms with Gasteiger partial charge in [0.05, 0.1) is 10.7 Å². The minimum Gasteiger partial charge on any atom is -0.478 e. The first kappa shape index (κ1) is 14.2. The van der Waals surface area contributed by atoms with Crippen molar-refractivity contribution in [3.05, 3.63) is 28.8 Å². The zero-order valence-corrected chi connectivity index (χ0v) is 11.8. The average Bonchev–Trinajstić information content (AvgIpc) is 2.83. The van der Waals surface area contributed by atoms with Crippen LogP contribution in [0.15, 0.2) is 18.2 Å². The molecule has 1 aromatic carbocycles. The molecule has 1 unspecified atom stereocenters. The Kier molecular flexibility index (Phi) is 4.66. The van der Waals surface area contributed by atoms with Crippen LogP contribution in [0.1, 0.15) is 23.7 Å². The van der Waals surface area contributed by atoms with Crippen LogP contribution in [-0.2, 0) is 0 Å². The van der Waals surface area contributed by atoms with E-state index in [1.807, 2.05) is 0 Å². The van der Waals surface area contributed by atoms with Crippen molar-refractivity contribution in [3.63, 3.8) is 0 Å². The summed E-state index contributed by atoms with van der Waals surface area (Å²) in [5.41, 5.74) is 0.768. The Hall–Kier alpha value is -1.26. The Labute approximate surface area is 118 Å². The third-order valence-electron chi connectivity index (χ3n) is 3.63. The maximum absolute atomic E-state index is 11.2. The molecule has 5 heteroatoms. The largest absolute Gasteiger partial charge is 0.478 e. The quantitative estimate of drug-likeness (QED) is 0.872. The first-order valence-corrected chi connectivity index (χ1v) is 6.97. The zero-order chi connectivity index (χ0) is 13.8. The van der Waals surface area contributed by atoms with Gasteiger partial charge in [-0.15, -0.1) is 0 Å². The Morgan fingerprint density at radius 2 is 2.37 bits per heavy atom. The van der Waals surface area contributed by atoms with Crippen molar-refractivity contribution in [2.45, 2.75) is 13.3 Å². The second-order valence-corrected chi connectivity index (χ2v) is 5.30. The number of anilines is 1. The maximum atomic E-state index is 11.2. The van der Waals surface area contributed by atoms with E-state index in [9.17, 15) is 9.90 Å². The van der Waals surface area contributed by atoms with Gasteiger partial charge in [0.25, 0.3) is 0 Å². The monoisotopic (exact) mass is 282 g/mol. The molecule has 1 fully saturated rings. The van der Waals surface area contributed by atoms with Gasteiger partial charge in [0, 0.05) is 13.1 Å². The molecule has 0 aliphatic carbocycles. The second kappa shape index (κ2) is 6.26. The van der Waals surface area contributed by atoms with E-state index in [2.05, 4.69) is 17.1 Å². The number of nitrogens with one attached hydrogen (secondary N) is 1. The lowest BCUT2D eigenvalue weighted by molar-refractivity contribution is 0.0698. The molecule has 19 heavy (non-hydrogen) atoms. The van der Waals surface area contributed by atoms with Crippen LogP contribution in [-0.4, -0.2) is 42.2 Å². The summed E-state index contributed by atoms with van der Waals surface area (Å²) in [6.45, 7) is 6.23. The Morgan fingerprint density at radius 1 is 1.58 bits per heavy atom. The molecule has 1 heterocycles. The number of carboxylic acids is 1. The molecule has 2 N–H and O–H groups in total. The minimum atomic E-state index is -0.991. The molecule has 0 saturated carbocycles. The van der Waals surface area contributed by atoms with Gasteiger partial charge in [-0.2, -0.15) is 0 Å². The summed E-state index contributed by atoms with van der Waals surface area (Å²) in [7, 11) is 0. The predicted octanol–water partition coefficient (Wildman–Crippen LogP) is 2.79. The van der Waals surface area contributed by atoms with Crippen LogP contribution in [0, 0.1) is 5.92 Å². The first-order valence-electron chi connectivity index (χ1n) is 6.59. The molecule has 1 aliphatic rings. The van der Waals surface area contributed by atoms with Crippen molar-refractivity contribution in [2.75, 3.05) is 31.5 Å². The summed E-state index contributed by atoms with van der Waals surface area (Å²) in [4.78, 5) is 13.6. The SMILES string of the molecule is CCN1CCC(CNc2cccc(Cl)c2C(=O)O)C1. The molecule has 0 spiro atoms. The Bertz CT molecular complexity index is 465. The highest BCUT2D eigenvalue weighted by atomic mass is 35.5. The van der Waals surface area contributed by atoms with E-state index in [1.165, 1.54) is 0 Å². The fourth-order valence-corrected chi connectivity index (χ4v) is 2.77. The fraction of sp³-hybridized carbons (Fsp3) is 0.500. The Morgan fingerprint density at radius 3 is 3.00 bits per heavy atom. The number of halogens is 1. The highest BCUT2D eigenvalue weighted by Gasteiger charge is 2.21. The number of aromatic carboxylic acids is 1. The van der Waals surface area contributed by atoms with E-state index < -0.39 is 5.97 Å². The lowest BCUT2D eigenvalue weighted by atomic mass is 10.1. The highest BCUT2D eigenvalue weighted by molar-refractivity contribution is 6.34. The zero-order valence-electron chi connectivity index (χ0n) is 11.0. The van der Waals surface area contributed by atoms with E-state index in [1.54, 1.807) is 18.2 Å². The number of benzene rings is 1. The number of nitrogens with zero attached hydrogens (tertiary/aromatic N) is 1. The van der Waals surface area contributed by atoms with Crippen LogP contribution >= 0.6 is 11.6 Å². The number of rotatable bonds is 5. The molecule has 1 aromatic rings. The third-order valence-corrected chi connectivity index (χ3v) is 3.94. The molecule has 0 radical (unpaired) electrons. The normalized spacial score (nSPS) is 19.6. The lowest BCUT2D eigenvalue weighted by Crippen LogP contribution is -2.22.